The molecule has 0 spiro atoms. The van der Waals surface area contributed by atoms with E-state index < -0.39 is 37.1 Å². The van der Waals surface area contributed by atoms with Crippen molar-refractivity contribution in [2.75, 3.05) is 13.7 Å². The van der Waals surface area contributed by atoms with Crippen LogP contribution in [0.25, 0.3) is 5.57 Å². The van der Waals surface area contributed by atoms with Crippen LogP contribution in [0.1, 0.15) is 35.3 Å². The van der Waals surface area contributed by atoms with Gasteiger partial charge in [0.25, 0.3) is 0 Å². The molecule has 172 valence electrons. The number of nitrogens with zero attached hydrogens (tertiary/aromatic N) is 1. The molecule has 1 saturated heterocycles. The summed E-state index contributed by atoms with van der Waals surface area (Å²) in [7, 11) is 1.49. The number of allylic oxidation sites excluding steroid dienone is 2. The molecule has 1 aliphatic heterocycles. The zero-order valence-electron chi connectivity index (χ0n) is 17.9. The highest BCUT2D eigenvalue weighted by Crippen LogP contribution is 2.34. The molecule has 3 rings (SSSR count). The van der Waals surface area contributed by atoms with E-state index in [9.17, 15) is 20.4 Å². The van der Waals surface area contributed by atoms with E-state index in [4.69, 9.17) is 16.3 Å². The summed E-state index contributed by atoms with van der Waals surface area (Å²) in [6.45, 7) is 1.51. The molecule has 32 heavy (non-hydrogen) atoms. The number of hydrogen-bond donors (Lipinski definition) is 4. The van der Waals surface area contributed by atoms with Crippen LogP contribution in [0.2, 0.25) is 5.02 Å². The lowest BCUT2D eigenvalue weighted by atomic mass is 9.90. The monoisotopic (exact) mass is 461 g/mol. The third kappa shape index (κ3) is 5.56. The van der Waals surface area contributed by atoms with Crippen molar-refractivity contribution in [3.05, 3.63) is 75.8 Å². The lowest BCUT2D eigenvalue weighted by molar-refractivity contribution is -0.231. The highest BCUT2D eigenvalue weighted by Gasteiger charge is 2.44. The predicted molar refractivity (Wildman–Crippen MR) is 123 cm³/mol. The minimum Gasteiger partial charge on any atom is -0.399 e. The highest BCUT2D eigenvalue weighted by molar-refractivity contribution is 6.31. The smallest absolute Gasteiger partial charge is 0.113 e. The van der Waals surface area contributed by atoms with Crippen LogP contribution >= 0.6 is 11.6 Å². The molecular formula is C24H28ClNO6. The fourth-order valence-corrected chi connectivity index (χ4v) is 3.87. The average Bonchev–Trinajstić information content (AvgIpc) is 2.80. The van der Waals surface area contributed by atoms with Gasteiger partial charge < -0.3 is 30.0 Å². The maximum Gasteiger partial charge on any atom is 0.113 e. The Balaban J connectivity index is 1.79. The van der Waals surface area contributed by atoms with E-state index in [0.717, 1.165) is 22.3 Å². The van der Waals surface area contributed by atoms with Crippen LogP contribution in [0.5, 0.6) is 0 Å². The second kappa shape index (κ2) is 11.0. The van der Waals surface area contributed by atoms with Crippen LogP contribution in [0.4, 0.5) is 0 Å². The van der Waals surface area contributed by atoms with Gasteiger partial charge in [-0.15, -0.1) is 0 Å². The predicted octanol–water partition coefficient (Wildman–Crippen LogP) is 2.48. The molecule has 2 aromatic rings. The fourth-order valence-electron chi connectivity index (χ4n) is 3.69. The number of aliphatic hydroxyl groups excluding tert-OH is 4. The normalized spacial score (nSPS) is 26.5. The Morgan fingerprint density at radius 1 is 1.09 bits per heavy atom. The van der Waals surface area contributed by atoms with Gasteiger partial charge in [-0.3, -0.25) is 0 Å². The standard InChI is InChI=1S/C24H28ClNO6/c1-14(9-10-26-31-2)16-5-3-15(4-6-16)11-18-12-17(7-8-19(18)25)24-23(30)22(29)21(28)20(13-27)32-24/h3-10,12,20-24,27-30H,11,13H2,1-2H3/b14-9+,26-10?/t20-,21-,22+,23-,24+/m1/s1. The number of ether oxygens (including phenoxy) is 1. The Morgan fingerprint density at radius 2 is 1.81 bits per heavy atom. The number of rotatable bonds is 7. The van der Waals surface area contributed by atoms with Crippen molar-refractivity contribution in [3.8, 4) is 0 Å². The van der Waals surface area contributed by atoms with Gasteiger partial charge in [-0.1, -0.05) is 53.2 Å². The Hall–Kier alpha value is -2.26. The lowest BCUT2D eigenvalue weighted by Gasteiger charge is -2.40. The number of oxime groups is 1. The number of aliphatic hydroxyl groups is 4. The summed E-state index contributed by atoms with van der Waals surface area (Å²) >= 11 is 6.41. The zero-order valence-corrected chi connectivity index (χ0v) is 18.7. The van der Waals surface area contributed by atoms with Crippen molar-refractivity contribution in [1.29, 1.82) is 0 Å². The van der Waals surface area contributed by atoms with Gasteiger partial charge in [0, 0.05) is 5.02 Å². The Labute approximate surface area is 192 Å². The lowest BCUT2D eigenvalue weighted by Crippen LogP contribution is -2.55. The van der Waals surface area contributed by atoms with Gasteiger partial charge in [-0.2, -0.15) is 0 Å². The van der Waals surface area contributed by atoms with Crippen LogP contribution in [-0.2, 0) is 16.0 Å². The maximum atomic E-state index is 10.4. The fraction of sp³-hybridized carbons (Fsp3) is 0.375. The number of hydrogen-bond acceptors (Lipinski definition) is 7. The molecule has 2 aromatic carbocycles. The van der Waals surface area contributed by atoms with Crippen molar-refractivity contribution < 1.29 is 30.0 Å². The molecule has 1 aliphatic rings. The molecule has 0 amide bonds. The third-order valence-corrected chi connectivity index (χ3v) is 5.95. The average molecular weight is 462 g/mol. The summed E-state index contributed by atoms with van der Waals surface area (Å²) in [5.74, 6) is 0. The van der Waals surface area contributed by atoms with E-state index >= 15 is 0 Å². The Morgan fingerprint density at radius 3 is 2.47 bits per heavy atom. The molecule has 8 heteroatoms. The van der Waals surface area contributed by atoms with Crippen LogP contribution in [0.15, 0.2) is 53.7 Å². The van der Waals surface area contributed by atoms with Crippen LogP contribution in [0, 0.1) is 0 Å². The molecule has 0 radical (unpaired) electrons. The minimum atomic E-state index is -1.43. The van der Waals surface area contributed by atoms with E-state index in [1.165, 1.54) is 7.11 Å². The summed E-state index contributed by atoms with van der Waals surface area (Å²) in [5, 5.41) is 44.2. The van der Waals surface area contributed by atoms with Gasteiger partial charge in [0.2, 0.25) is 0 Å². The first kappa shape index (κ1) is 24.4. The molecule has 0 aliphatic carbocycles. The van der Waals surface area contributed by atoms with Gasteiger partial charge >= 0.3 is 0 Å². The quantitative estimate of drug-likeness (QED) is 0.372. The molecule has 4 N–H and O–H groups in total. The first-order valence-electron chi connectivity index (χ1n) is 10.3. The summed E-state index contributed by atoms with van der Waals surface area (Å²) in [4.78, 5) is 4.66. The molecule has 0 bridgehead atoms. The second-order valence-electron chi connectivity index (χ2n) is 7.76. The summed E-state index contributed by atoms with van der Waals surface area (Å²) in [6, 6.07) is 13.3. The van der Waals surface area contributed by atoms with Crippen molar-refractivity contribution in [2.45, 2.75) is 43.9 Å². The zero-order chi connectivity index (χ0) is 23.3. The molecule has 1 fully saturated rings. The Bertz CT molecular complexity index is 959. The first-order valence-corrected chi connectivity index (χ1v) is 10.6. The largest absolute Gasteiger partial charge is 0.399 e. The third-order valence-electron chi connectivity index (χ3n) is 5.59. The van der Waals surface area contributed by atoms with E-state index in [0.29, 0.717) is 17.0 Å². The summed E-state index contributed by atoms with van der Waals surface area (Å²) in [5.41, 5.74) is 4.57. The summed E-state index contributed by atoms with van der Waals surface area (Å²) in [6.07, 6.45) is -2.01. The second-order valence-corrected chi connectivity index (χ2v) is 8.17. The van der Waals surface area contributed by atoms with Gasteiger partial charge in [-0.05, 0) is 53.3 Å². The van der Waals surface area contributed by atoms with Crippen molar-refractivity contribution in [3.63, 3.8) is 0 Å². The SMILES string of the molecule is CON=C/C=C(\C)c1ccc(Cc2cc([C@@H]3O[C@H](CO)[C@@H](O)[C@H](O)[C@H]3O)ccc2Cl)cc1. The molecular weight excluding hydrogens is 434 g/mol. The van der Waals surface area contributed by atoms with Crippen molar-refractivity contribution in [1.82, 2.24) is 0 Å². The maximum absolute atomic E-state index is 10.4. The number of benzene rings is 2. The van der Waals surface area contributed by atoms with E-state index in [-0.39, 0.29) is 0 Å². The topological polar surface area (TPSA) is 112 Å². The minimum absolute atomic E-state index is 0.473. The Kier molecular flexibility index (Phi) is 8.42. The summed E-state index contributed by atoms with van der Waals surface area (Å²) < 4.78 is 5.67. The highest BCUT2D eigenvalue weighted by atomic mass is 35.5. The van der Waals surface area contributed by atoms with E-state index in [1.54, 1.807) is 18.3 Å². The molecule has 5 atom stereocenters. The molecule has 1 heterocycles. The van der Waals surface area contributed by atoms with Gasteiger partial charge in [0.1, 0.15) is 37.6 Å². The van der Waals surface area contributed by atoms with Crippen LogP contribution < -0.4 is 0 Å². The van der Waals surface area contributed by atoms with E-state index in [1.807, 2.05) is 43.3 Å². The van der Waals surface area contributed by atoms with Crippen LogP contribution in [-0.4, -0.2) is 64.8 Å². The molecule has 0 unspecified atom stereocenters. The van der Waals surface area contributed by atoms with Gasteiger partial charge in [-0.25, -0.2) is 0 Å². The van der Waals surface area contributed by atoms with Crippen molar-refractivity contribution >= 4 is 23.4 Å². The van der Waals surface area contributed by atoms with Gasteiger partial charge in [0.05, 0.1) is 12.8 Å². The number of halogens is 1. The molecule has 7 nitrogen and oxygen atoms in total. The molecule has 0 saturated carbocycles. The first-order chi connectivity index (χ1) is 15.3. The van der Waals surface area contributed by atoms with Crippen LogP contribution in [0.3, 0.4) is 0 Å². The molecule has 0 aromatic heterocycles. The van der Waals surface area contributed by atoms with Gasteiger partial charge in [0.15, 0.2) is 0 Å². The van der Waals surface area contributed by atoms with Crippen molar-refractivity contribution in [2.24, 2.45) is 5.16 Å². The van der Waals surface area contributed by atoms with E-state index in [2.05, 4.69) is 9.99 Å².